The van der Waals surface area contributed by atoms with Gasteiger partial charge in [0.1, 0.15) is 5.75 Å². The lowest BCUT2D eigenvalue weighted by molar-refractivity contribution is -0.244. The Morgan fingerprint density at radius 2 is 2.14 bits per heavy atom. The fourth-order valence-electron chi connectivity index (χ4n) is 3.29. The van der Waals surface area contributed by atoms with Crippen molar-refractivity contribution in [3.8, 4) is 5.75 Å². The first kappa shape index (κ1) is 20.0. The number of allylic oxidation sites excluding steroid dienone is 2. The first-order chi connectivity index (χ1) is 13.7. The minimum atomic E-state index is -0.791. The molecule has 3 rings (SSSR count). The number of hydrogen-bond donors (Lipinski definition) is 1. The van der Waals surface area contributed by atoms with Crippen molar-refractivity contribution < 1.29 is 24.1 Å². The lowest BCUT2D eigenvalue weighted by Gasteiger charge is -2.37. The Morgan fingerprint density at radius 3 is 2.89 bits per heavy atom. The van der Waals surface area contributed by atoms with Crippen molar-refractivity contribution in [1.82, 2.24) is 4.98 Å². The van der Waals surface area contributed by atoms with E-state index in [-0.39, 0.29) is 18.4 Å². The second-order valence-electron chi connectivity index (χ2n) is 6.65. The summed E-state index contributed by atoms with van der Waals surface area (Å²) in [6.07, 6.45) is 8.05. The number of aliphatic carboxylic acids is 1. The van der Waals surface area contributed by atoms with E-state index >= 15 is 0 Å². The molecule has 1 aliphatic rings. The molecule has 0 saturated carbocycles. The summed E-state index contributed by atoms with van der Waals surface area (Å²) in [7, 11) is 1.65. The van der Waals surface area contributed by atoms with Crippen LogP contribution in [0.25, 0.3) is 0 Å². The van der Waals surface area contributed by atoms with E-state index in [2.05, 4.69) is 4.98 Å². The highest BCUT2D eigenvalue weighted by atomic mass is 16.7. The normalized spacial score (nSPS) is 22.2. The van der Waals surface area contributed by atoms with Crippen LogP contribution in [0.5, 0.6) is 5.75 Å². The molecule has 1 aromatic heterocycles. The summed E-state index contributed by atoms with van der Waals surface area (Å²) in [6, 6.07) is 11.6. The van der Waals surface area contributed by atoms with Crippen molar-refractivity contribution in [3.05, 3.63) is 72.1 Å². The number of para-hydroxylation sites is 1. The van der Waals surface area contributed by atoms with Gasteiger partial charge in [0.25, 0.3) is 0 Å². The third kappa shape index (κ3) is 5.18. The van der Waals surface area contributed by atoms with Crippen molar-refractivity contribution in [2.45, 2.75) is 31.7 Å². The lowest BCUT2D eigenvalue weighted by Crippen LogP contribution is -2.30. The van der Waals surface area contributed by atoms with Crippen LogP contribution < -0.4 is 4.74 Å². The van der Waals surface area contributed by atoms with Crippen LogP contribution in [-0.4, -0.2) is 29.8 Å². The third-order valence-corrected chi connectivity index (χ3v) is 4.69. The number of hydrogen-bond acceptors (Lipinski definition) is 5. The first-order valence-corrected chi connectivity index (χ1v) is 9.35. The highest BCUT2D eigenvalue weighted by Gasteiger charge is 2.34. The molecule has 0 aliphatic carbocycles. The van der Waals surface area contributed by atoms with Gasteiger partial charge in [-0.2, -0.15) is 0 Å². The van der Waals surface area contributed by atoms with Crippen LogP contribution in [0.1, 0.15) is 42.8 Å². The van der Waals surface area contributed by atoms with Gasteiger partial charge in [0, 0.05) is 35.9 Å². The molecule has 1 saturated heterocycles. The molecule has 0 radical (unpaired) electrons. The average molecular weight is 383 g/mol. The number of rotatable bonds is 8. The number of carboxylic acid groups (broad SMARTS) is 1. The summed E-state index contributed by atoms with van der Waals surface area (Å²) < 4.78 is 17.8. The lowest BCUT2D eigenvalue weighted by atomic mass is 9.91. The molecular formula is C22H25NO5. The fourth-order valence-corrected chi connectivity index (χ4v) is 3.29. The minimum Gasteiger partial charge on any atom is -0.496 e. The van der Waals surface area contributed by atoms with E-state index in [4.69, 9.17) is 19.3 Å². The van der Waals surface area contributed by atoms with E-state index < -0.39 is 12.3 Å². The molecule has 6 nitrogen and oxygen atoms in total. The second-order valence-corrected chi connectivity index (χ2v) is 6.65. The van der Waals surface area contributed by atoms with Crippen LogP contribution in [-0.2, 0) is 14.3 Å². The maximum absolute atomic E-state index is 10.6. The van der Waals surface area contributed by atoms with Gasteiger partial charge in [-0.25, -0.2) is 0 Å². The number of ether oxygens (including phenoxy) is 3. The molecule has 0 amide bonds. The van der Waals surface area contributed by atoms with Crippen molar-refractivity contribution in [3.63, 3.8) is 0 Å². The quantitative estimate of drug-likeness (QED) is 0.685. The number of nitrogens with zero attached hydrogens (tertiary/aromatic N) is 1. The third-order valence-electron chi connectivity index (χ3n) is 4.69. The summed E-state index contributed by atoms with van der Waals surface area (Å²) in [5.74, 6) is 0.0738. The van der Waals surface area contributed by atoms with E-state index in [0.717, 1.165) is 23.3 Å². The molecule has 2 aromatic rings. The van der Waals surface area contributed by atoms with Crippen LogP contribution in [0.2, 0.25) is 0 Å². The molecule has 1 fully saturated rings. The second kappa shape index (κ2) is 10.0. The van der Waals surface area contributed by atoms with Gasteiger partial charge in [-0.3, -0.25) is 9.78 Å². The van der Waals surface area contributed by atoms with Gasteiger partial charge >= 0.3 is 5.97 Å². The van der Waals surface area contributed by atoms with E-state index in [1.165, 1.54) is 0 Å². The predicted molar refractivity (Wildman–Crippen MR) is 104 cm³/mol. The number of pyridine rings is 1. The van der Waals surface area contributed by atoms with Crippen molar-refractivity contribution in [2.75, 3.05) is 13.7 Å². The fraction of sp³-hybridized carbons (Fsp3) is 0.364. The summed E-state index contributed by atoms with van der Waals surface area (Å²) in [5.41, 5.74) is 1.85. The van der Waals surface area contributed by atoms with Crippen molar-refractivity contribution in [2.24, 2.45) is 5.92 Å². The molecule has 1 N–H and O–H groups in total. The zero-order valence-electron chi connectivity index (χ0n) is 15.9. The highest BCUT2D eigenvalue weighted by Crippen LogP contribution is 2.42. The Bertz CT molecular complexity index is 793. The monoisotopic (exact) mass is 383 g/mol. The molecular weight excluding hydrogens is 358 g/mol. The molecule has 28 heavy (non-hydrogen) atoms. The molecule has 2 heterocycles. The van der Waals surface area contributed by atoms with Crippen LogP contribution in [0, 0.1) is 5.92 Å². The zero-order chi connectivity index (χ0) is 19.8. The molecule has 0 spiro atoms. The number of carboxylic acids is 1. The van der Waals surface area contributed by atoms with Gasteiger partial charge in [0.2, 0.25) is 0 Å². The van der Waals surface area contributed by atoms with Crippen molar-refractivity contribution >= 4 is 5.97 Å². The van der Waals surface area contributed by atoms with Crippen LogP contribution in [0.15, 0.2) is 60.9 Å². The topological polar surface area (TPSA) is 77.9 Å². The Morgan fingerprint density at radius 1 is 1.29 bits per heavy atom. The van der Waals surface area contributed by atoms with Gasteiger partial charge < -0.3 is 19.3 Å². The molecule has 148 valence electrons. The standard InChI is InChI=1S/C22H25NO5/c1-26-19-11-6-5-10-18(19)21-17(8-3-2-4-12-20(24)25)15-27-22(28-21)16-9-7-13-23-14-16/h2-3,5-7,9-11,13-14,17,21-22H,4,8,12,15H2,1H3,(H,24,25)/b3-2-. The summed E-state index contributed by atoms with van der Waals surface area (Å²) >= 11 is 0. The van der Waals surface area contributed by atoms with Crippen LogP contribution in [0.3, 0.4) is 0 Å². The first-order valence-electron chi connectivity index (χ1n) is 9.35. The van der Waals surface area contributed by atoms with Crippen LogP contribution >= 0.6 is 0 Å². The molecule has 3 unspecified atom stereocenters. The number of carbonyl (C=O) groups is 1. The van der Waals surface area contributed by atoms with Gasteiger partial charge in [-0.1, -0.05) is 36.4 Å². The SMILES string of the molecule is COc1ccccc1C1OC(c2cccnc2)OCC1C/C=C\CCC(=O)O. The Balaban J connectivity index is 1.77. The van der Waals surface area contributed by atoms with Gasteiger partial charge in [-0.15, -0.1) is 0 Å². The summed E-state index contributed by atoms with van der Waals surface area (Å²) in [6.45, 7) is 0.519. The Kier molecular flexibility index (Phi) is 7.17. The zero-order valence-corrected chi connectivity index (χ0v) is 15.9. The largest absolute Gasteiger partial charge is 0.496 e. The minimum absolute atomic E-state index is 0.0882. The molecule has 1 aliphatic heterocycles. The predicted octanol–water partition coefficient (Wildman–Crippen LogP) is 4.30. The molecule has 1 aromatic carbocycles. The summed E-state index contributed by atoms with van der Waals surface area (Å²) in [4.78, 5) is 14.8. The number of benzene rings is 1. The Labute approximate surface area is 164 Å². The van der Waals surface area contributed by atoms with E-state index in [0.29, 0.717) is 13.0 Å². The number of methoxy groups -OCH3 is 1. The molecule has 6 heteroatoms. The van der Waals surface area contributed by atoms with Gasteiger partial charge in [0.05, 0.1) is 19.8 Å². The molecule has 3 atom stereocenters. The highest BCUT2D eigenvalue weighted by molar-refractivity contribution is 5.66. The average Bonchev–Trinajstić information content (AvgIpc) is 2.74. The Hall–Kier alpha value is -2.70. The van der Waals surface area contributed by atoms with Gasteiger partial charge in [-0.05, 0) is 25.0 Å². The molecule has 0 bridgehead atoms. The van der Waals surface area contributed by atoms with E-state index in [1.54, 1.807) is 19.5 Å². The van der Waals surface area contributed by atoms with E-state index in [9.17, 15) is 4.79 Å². The van der Waals surface area contributed by atoms with Gasteiger partial charge in [0.15, 0.2) is 6.29 Å². The van der Waals surface area contributed by atoms with Crippen LogP contribution in [0.4, 0.5) is 0 Å². The maximum atomic E-state index is 10.6. The summed E-state index contributed by atoms with van der Waals surface area (Å²) in [5, 5.41) is 8.75. The smallest absolute Gasteiger partial charge is 0.303 e. The number of aromatic nitrogens is 1. The van der Waals surface area contributed by atoms with Crippen molar-refractivity contribution in [1.29, 1.82) is 0 Å². The maximum Gasteiger partial charge on any atom is 0.303 e. The van der Waals surface area contributed by atoms with E-state index in [1.807, 2.05) is 48.6 Å².